The lowest BCUT2D eigenvalue weighted by Crippen LogP contribution is -2.28. The van der Waals surface area contributed by atoms with Crippen molar-refractivity contribution in [2.45, 2.75) is 45.1 Å². The molecule has 0 radical (unpaired) electrons. The van der Waals surface area contributed by atoms with Gasteiger partial charge in [-0.2, -0.15) is 5.10 Å². The summed E-state index contributed by atoms with van der Waals surface area (Å²) in [5, 5.41) is 4.38. The van der Waals surface area contributed by atoms with E-state index in [4.69, 9.17) is 0 Å². The summed E-state index contributed by atoms with van der Waals surface area (Å²) in [5.41, 5.74) is 4.12. The molecule has 138 valence electrons. The van der Waals surface area contributed by atoms with Crippen LogP contribution in [0.15, 0.2) is 36.7 Å². The summed E-state index contributed by atoms with van der Waals surface area (Å²) in [7, 11) is 0. The highest BCUT2D eigenvalue weighted by Gasteiger charge is 2.29. The van der Waals surface area contributed by atoms with Crippen molar-refractivity contribution in [1.29, 1.82) is 0 Å². The topological polar surface area (TPSA) is 41.4 Å². The van der Waals surface area contributed by atoms with Crippen LogP contribution in [0.2, 0.25) is 0 Å². The highest BCUT2D eigenvalue weighted by Crippen LogP contribution is 2.38. The third kappa shape index (κ3) is 3.48. The quantitative estimate of drug-likeness (QED) is 0.769. The minimum absolute atomic E-state index is 0.334. The molecule has 1 aromatic heterocycles. The smallest absolute Gasteiger partial charge is 0.222 e. The van der Waals surface area contributed by atoms with Crippen LogP contribution >= 0.6 is 0 Å². The first-order chi connectivity index (χ1) is 12.7. The van der Waals surface area contributed by atoms with E-state index in [0.29, 0.717) is 11.8 Å². The average molecular weight is 352 g/mol. The lowest BCUT2D eigenvalue weighted by Gasteiger charge is -2.21. The first kappa shape index (κ1) is 17.1. The van der Waals surface area contributed by atoms with Gasteiger partial charge in [0.15, 0.2) is 0 Å². The van der Waals surface area contributed by atoms with Gasteiger partial charge in [0, 0.05) is 56.9 Å². The molecule has 0 bridgehead atoms. The van der Waals surface area contributed by atoms with Crippen molar-refractivity contribution in [1.82, 2.24) is 14.7 Å². The molecule has 1 saturated heterocycles. The van der Waals surface area contributed by atoms with E-state index < -0.39 is 0 Å². The molecule has 0 saturated carbocycles. The van der Waals surface area contributed by atoms with Crippen molar-refractivity contribution in [3.8, 4) is 0 Å². The van der Waals surface area contributed by atoms with Gasteiger partial charge in [-0.05, 0) is 43.4 Å². The number of para-hydroxylation sites is 1. The Bertz CT molecular complexity index is 769. The van der Waals surface area contributed by atoms with E-state index in [1.807, 2.05) is 15.8 Å². The largest absolute Gasteiger partial charge is 0.370 e. The van der Waals surface area contributed by atoms with Crippen LogP contribution in [0.5, 0.6) is 0 Å². The van der Waals surface area contributed by atoms with Crippen molar-refractivity contribution < 1.29 is 4.79 Å². The second kappa shape index (κ2) is 7.52. The third-order valence-electron chi connectivity index (χ3n) is 5.76. The molecule has 1 amide bonds. The predicted molar refractivity (Wildman–Crippen MR) is 103 cm³/mol. The fourth-order valence-electron chi connectivity index (χ4n) is 4.27. The van der Waals surface area contributed by atoms with Crippen LogP contribution in [-0.4, -0.2) is 46.8 Å². The average Bonchev–Trinajstić information content (AvgIpc) is 3.37. The minimum Gasteiger partial charge on any atom is -0.370 e. The van der Waals surface area contributed by atoms with E-state index in [0.717, 1.165) is 58.4 Å². The number of benzene rings is 1. The molecular formula is C21H28N4O. The Morgan fingerprint density at radius 1 is 1.19 bits per heavy atom. The van der Waals surface area contributed by atoms with Gasteiger partial charge in [-0.25, -0.2) is 0 Å². The molecular weight excluding hydrogens is 324 g/mol. The standard InChI is InChI=1S/C21H28N4O/c1-2-25-15-17(14-22-25)9-12-24-16-18(19-6-3-4-7-20(19)24)10-13-23-11-5-8-21(23)26/h3-4,6-7,14-15,18H,2,5,8-13,16H2,1H3. The van der Waals surface area contributed by atoms with Crippen molar-refractivity contribution in [2.75, 3.05) is 31.1 Å². The first-order valence-corrected chi connectivity index (χ1v) is 9.87. The van der Waals surface area contributed by atoms with Gasteiger partial charge in [0.1, 0.15) is 0 Å². The second-order valence-electron chi connectivity index (χ2n) is 7.43. The van der Waals surface area contributed by atoms with Gasteiger partial charge in [0.2, 0.25) is 5.91 Å². The Balaban J connectivity index is 1.39. The highest BCUT2D eigenvalue weighted by molar-refractivity contribution is 5.78. The molecule has 0 N–H and O–H groups in total. The fourth-order valence-corrected chi connectivity index (χ4v) is 4.27. The fraction of sp³-hybridized carbons (Fsp3) is 0.524. The third-order valence-corrected chi connectivity index (χ3v) is 5.76. The van der Waals surface area contributed by atoms with Crippen molar-refractivity contribution in [3.63, 3.8) is 0 Å². The molecule has 2 aliphatic rings. The molecule has 3 heterocycles. The predicted octanol–water partition coefficient (Wildman–Crippen LogP) is 3.06. The monoisotopic (exact) mass is 352 g/mol. The van der Waals surface area contributed by atoms with E-state index in [1.165, 1.54) is 16.8 Å². The number of hydrogen-bond donors (Lipinski definition) is 0. The number of fused-ring (bicyclic) bond motifs is 1. The van der Waals surface area contributed by atoms with Gasteiger partial charge >= 0.3 is 0 Å². The Hall–Kier alpha value is -2.30. The van der Waals surface area contributed by atoms with Crippen molar-refractivity contribution in [2.24, 2.45) is 0 Å². The van der Waals surface area contributed by atoms with Crippen LogP contribution < -0.4 is 4.90 Å². The van der Waals surface area contributed by atoms with Crippen LogP contribution in [0, 0.1) is 0 Å². The maximum absolute atomic E-state index is 11.9. The molecule has 0 spiro atoms. The Labute approximate surface area is 155 Å². The van der Waals surface area contributed by atoms with Gasteiger partial charge in [-0.15, -0.1) is 0 Å². The zero-order valence-corrected chi connectivity index (χ0v) is 15.6. The molecule has 0 aliphatic carbocycles. The molecule has 1 atom stereocenters. The van der Waals surface area contributed by atoms with Crippen molar-refractivity contribution >= 4 is 11.6 Å². The summed E-state index contributed by atoms with van der Waals surface area (Å²) >= 11 is 0. The highest BCUT2D eigenvalue weighted by atomic mass is 16.2. The van der Waals surface area contributed by atoms with Crippen LogP contribution in [-0.2, 0) is 17.8 Å². The van der Waals surface area contributed by atoms with Crippen LogP contribution in [0.1, 0.15) is 43.2 Å². The summed E-state index contributed by atoms with van der Waals surface area (Å²) in [4.78, 5) is 16.4. The molecule has 4 rings (SSSR count). The zero-order valence-electron chi connectivity index (χ0n) is 15.6. The number of rotatable bonds is 7. The Kier molecular flexibility index (Phi) is 4.96. The van der Waals surface area contributed by atoms with E-state index in [2.05, 4.69) is 47.4 Å². The number of nitrogens with zero attached hydrogens (tertiary/aromatic N) is 4. The zero-order chi connectivity index (χ0) is 17.9. The number of carbonyl (C=O) groups is 1. The maximum Gasteiger partial charge on any atom is 0.222 e. The van der Waals surface area contributed by atoms with E-state index in [9.17, 15) is 4.79 Å². The molecule has 1 aromatic carbocycles. The number of aromatic nitrogens is 2. The summed E-state index contributed by atoms with van der Waals surface area (Å²) in [6, 6.07) is 8.78. The normalized spacial score (nSPS) is 19.4. The van der Waals surface area contributed by atoms with Gasteiger partial charge in [-0.1, -0.05) is 18.2 Å². The minimum atomic E-state index is 0.334. The summed E-state index contributed by atoms with van der Waals surface area (Å²) in [5.74, 6) is 0.860. The van der Waals surface area contributed by atoms with E-state index >= 15 is 0 Å². The van der Waals surface area contributed by atoms with E-state index in [1.54, 1.807) is 0 Å². The molecule has 1 fully saturated rings. The number of carbonyl (C=O) groups excluding carboxylic acids is 1. The lowest BCUT2D eigenvalue weighted by atomic mass is 9.98. The molecule has 5 heteroatoms. The molecule has 2 aromatic rings. The molecule has 1 unspecified atom stereocenters. The molecule has 5 nitrogen and oxygen atoms in total. The van der Waals surface area contributed by atoms with Gasteiger partial charge in [0.25, 0.3) is 0 Å². The van der Waals surface area contributed by atoms with Gasteiger partial charge in [-0.3, -0.25) is 9.48 Å². The van der Waals surface area contributed by atoms with Crippen LogP contribution in [0.3, 0.4) is 0 Å². The van der Waals surface area contributed by atoms with Gasteiger partial charge < -0.3 is 9.80 Å². The number of likely N-dealkylation sites (tertiary alicyclic amines) is 1. The van der Waals surface area contributed by atoms with Crippen LogP contribution in [0.4, 0.5) is 5.69 Å². The number of aryl methyl sites for hydroxylation is 1. The molecule has 2 aliphatic heterocycles. The van der Waals surface area contributed by atoms with Crippen LogP contribution in [0.25, 0.3) is 0 Å². The number of amides is 1. The first-order valence-electron chi connectivity index (χ1n) is 9.87. The lowest BCUT2D eigenvalue weighted by molar-refractivity contribution is -0.127. The van der Waals surface area contributed by atoms with E-state index in [-0.39, 0.29) is 0 Å². The number of anilines is 1. The summed E-state index contributed by atoms with van der Waals surface area (Å²) in [6.07, 6.45) is 7.98. The summed E-state index contributed by atoms with van der Waals surface area (Å²) < 4.78 is 1.99. The Morgan fingerprint density at radius 3 is 2.85 bits per heavy atom. The molecule has 26 heavy (non-hydrogen) atoms. The maximum atomic E-state index is 11.9. The van der Waals surface area contributed by atoms with Gasteiger partial charge in [0.05, 0.1) is 6.20 Å². The second-order valence-corrected chi connectivity index (χ2v) is 7.43. The summed E-state index contributed by atoms with van der Waals surface area (Å²) in [6.45, 7) is 6.95. The Morgan fingerprint density at radius 2 is 2.08 bits per heavy atom. The SMILES string of the molecule is CCn1cc(CCN2CC(CCN3CCCC3=O)c3ccccc32)cn1. The van der Waals surface area contributed by atoms with Crippen molar-refractivity contribution in [3.05, 3.63) is 47.8 Å². The number of hydrogen-bond acceptors (Lipinski definition) is 3.